The summed E-state index contributed by atoms with van der Waals surface area (Å²) >= 11 is 1.03. The van der Waals surface area contributed by atoms with Crippen LogP contribution in [-0.4, -0.2) is 25.9 Å². The molecule has 0 bridgehead atoms. The quantitative estimate of drug-likeness (QED) is 0.290. The molecule has 1 aliphatic heterocycles. The first-order chi connectivity index (χ1) is 18.0. The van der Waals surface area contributed by atoms with E-state index < -0.39 is 0 Å². The van der Waals surface area contributed by atoms with Crippen LogP contribution >= 0.6 is 11.8 Å². The van der Waals surface area contributed by atoms with Crippen molar-refractivity contribution in [2.45, 2.75) is 18.3 Å². The molecule has 0 aliphatic carbocycles. The Morgan fingerprint density at radius 3 is 2.41 bits per heavy atom. The summed E-state index contributed by atoms with van der Waals surface area (Å²) in [5, 5.41) is 3.96. The fraction of sp³-hybridized carbons (Fsp3) is 0.138. The van der Waals surface area contributed by atoms with E-state index in [1.807, 2.05) is 78.3 Å². The summed E-state index contributed by atoms with van der Waals surface area (Å²) in [5.41, 5.74) is 2.79. The molecule has 1 unspecified atom stereocenters. The van der Waals surface area contributed by atoms with Gasteiger partial charge in [0.05, 0.1) is 16.3 Å². The number of fused-ring (bicyclic) bond motifs is 2. The summed E-state index contributed by atoms with van der Waals surface area (Å²) < 4.78 is 14.1. The average molecular weight is 510 g/mol. The van der Waals surface area contributed by atoms with E-state index in [0.29, 0.717) is 18.8 Å². The zero-order chi connectivity index (χ0) is 25.4. The number of imidazole rings is 1. The van der Waals surface area contributed by atoms with E-state index in [1.54, 1.807) is 0 Å². The van der Waals surface area contributed by atoms with Gasteiger partial charge >= 0.3 is 0 Å². The first kappa shape index (κ1) is 23.1. The molecule has 2 heterocycles. The molecule has 8 heteroatoms. The first-order valence-electron chi connectivity index (χ1n) is 11.9. The van der Waals surface area contributed by atoms with E-state index in [9.17, 15) is 9.59 Å². The van der Waals surface area contributed by atoms with Crippen LogP contribution in [0.2, 0.25) is 0 Å². The number of nitrogens with one attached hydrogen (secondary N) is 1. The summed E-state index contributed by atoms with van der Waals surface area (Å²) in [6, 6.07) is 27.7. The molecule has 1 saturated heterocycles. The number of hydrogen-bond donors (Lipinski definition) is 1. The highest BCUT2D eigenvalue weighted by Gasteiger charge is 2.31. The maximum atomic E-state index is 11.8. The van der Waals surface area contributed by atoms with Crippen LogP contribution in [0.15, 0.2) is 84.9 Å². The van der Waals surface area contributed by atoms with Gasteiger partial charge in [0, 0.05) is 13.1 Å². The highest BCUT2D eigenvalue weighted by Crippen LogP contribution is 2.29. The second kappa shape index (κ2) is 9.63. The number of thioether (sulfide) groups is 1. The van der Waals surface area contributed by atoms with Crippen molar-refractivity contribution in [3.63, 3.8) is 0 Å². The van der Waals surface area contributed by atoms with Crippen LogP contribution in [0.1, 0.15) is 11.4 Å². The van der Waals surface area contributed by atoms with Gasteiger partial charge in [-0.15, -0.1) is 0 Å². The van der Waals surface area contributed by atoms with E-state index in [-0.39, 0.29) is 16.4 Å². The molecule has 5 aromatic rings. The lowest BCUT2D eigenvalue weighted by Gasteiger charge is -2.09. The zero-order valence-electron chi connectivity index (χ0n) is 20.0. The number of benzene rings is 4. The molecule has 1 aromatic heterocycles. The van der Waals surface area contributed by atoms with Crippen molar-refractivity contribution in [1.29, 1.82) is 0 Å². The minimum absolute atomic E-state index is 0.233. The Labute approximate surface area is 217 Å². The number of carbonyl (C=O) groups excluding carboxylic acids is 2. The summed E-state index contributed by atoms with van der Waals surface area (Å²) in [5.74, 6) is 2.79. The van der Waals surface area contributed by atoms with Crippen molar-refractivity contribution in [2.24, 2.45) is 7.05 Å². The van der Waals surface area contributed by atoms with Crippen LogP contribution in [0.25, 0.3) is 21.8 Å². The predicted molar refractivity (Wildman–Crippen MR) is 144 cm³/mol. The Balaban J connectivity index is 1.13. The van der Waals surface area contributed by atoms with Gasteiger partial charge in [0.1, 0.15) is 29.7 Å². The molecule has 2 amide bonds. The number of imide groups is 1. The van der Waals surface area contributed by atoms with Gasteiger partial charge in [0.25, 0.3) is 5.24 Å². The van der Waals surface area contributed by atoms with Crippen LogP contribution < -0.4 is 14.8 Å². The third-order valence-corrected chi connectivity index (χ3v) is 7.36. The topological polar surface area (TPSA) is 82.5 Å². The second-order valence-corrected chi connectivity index (χ2v) is 10.0. The average Bonchev–Trinajstić information content (AvgIpc) is 3.40. The van der Waals surface area contributed by atoms with E-state index >= 15 is 0 Å². The monoisotopic (exact) mass is 509 g/mol. The van der Waals surface area contributed by atoms with Crippen LogP contribution in [0.3, 0.4) is 0 Å². The molecular weight excluding hydrogens is 486 g/mol. The molecular formula is C29H23N3O4S. The normalized spacial score (nSPS) is 15.3. The van der Waals surface area contributed by atoms with Gasteiger partial charge in [0.15, 0.2) is 0 Å². The standard InChI is InChI=1S/C29H23N3O4S/c1-32-25-16-23(36-22-11-8-19-4-2-3-5-20(19)15-22)12-13-24(25)30-27(32)17-35-21-9-6-18(7-10-21)14-26-28(33)31-29(34)37-26/h2-13,15-16,26H,14,17H2,1H3,(H,31,33,34). The van der Waals surface area contributed by atoms with Crippen molar-refractivity contribution < 1.29 is 19.1 Å². The second-order valence-electron chi connectivity index (χ2n) is 8.87. The number of hydrogen-bond acceptors (Lipinski definition) is 6. The van der Waals surface area contributed by atoms with Gasteiger partial charge in [-0.1, -0.05) is 54.2 Å². The Kier molecular flexibility index (Phi) is 6.02. The van der Waals surface area contributed by atoms with Gasteiger partial charge < -0.3 is 14.0 Å². The summed E-state index contributed by atoms with van der Waals surface area (Å²) in [6.07, 6.45) is 0.497. The minimum atomic E-state index is -0.380. The van der Waals surface area contributed by atoms with Crippen LogP contribution in [0.4, 0.5) is 4.79 Å². The summed E-state index contributed by atoms with van der Waals surface area (Å²) in [7, 11) is 1.96. The van der Waals surface area contributed by atoms with Gasteiger partial charge in [-0.2, -0.15) is 0 Å². The van der Waals surface area contributed by atoms with E-state index in [0.717, 1.165) is 51.1 Å². The molecule has 0 saturated carbocycles. The Morgan fingerprint density at radius 1 is 0.892 bits per heavy atom. The van der Waals surface area contributed by atoms with E-state index in [1.165, 1.54) is 5.39 Å². The molecule has 1 atom stereocenters. The number of rotatable bonds is 7. The first-order valence-corrected chi connectivity index (χ1v) is 12.7. The molecule has 1 fully saturated rings. The van der Waals surface area contributed by atoms with Crippen molar-refractivity contribution in [3.8, 4) is 17.2 Å². The predicted octanol–water partition coefficient (Wildman–Crippen LogP) is 5.99. The molecule has 0 spiro atoms. The van der Waals surface area contributed by atoms with Gasteiger partial charge in [-0.25, -0.2) is 4.98 Å². The number of aromatic nitrogens is 2. The largest absolute Gasteiger partial charge is 0.486 e. The maximum absolute atomic E-state index is 11.8. The molecule has 0 radical (unpaired) electrons. The molecule has 6 rings (SSSR count). The van der Waals surface area contributed by atoms with Crippen molar-refractivity contribution in [2.75, 3.05) is 0 Å². The number of nitrogens with zero attached hydrogens (tertiary/aromatic N) is 2. The Bertz CT molecular complexity index is 1640. The third kappa shape index (κ3) is 4.88. The summed E-state index contributed by atoms with van der Waals surface area (Å²) in [6.45, 7) is 0.306. The SMILES string of the molecule is Cn1c(COc2ccc(CC3SC(=O)NC3=O)cc2)nc2ccc(Oc3ccc4ccccc4c3)cc21. The number of aryl methyl sites for hydroxylation is 1. The lowest BCUT2D eigenvalue weighted by molar-refractivity contribution is -0.118. The van der Waals surface area contributed by atoms with E-state index in [4.69, 9.17) is 14.5 Å². The number of ether oxygens (including phenoxy) is 2. The maximum Gasteiger partial charge on any atom is 0.286 e. The molecule has 7 nitrogen and oxygen atoms in total. The van der Waals surface area contributed by atoms with Gasteiger partial charge in [-0.05, 0) is 59.2 Å². The molecule has 4 aromatic carbocycles. The lowest BCUT2D eigenvalue weighted by Crippen LogP contribution is -2.25. The fourth-order valence-electron chi connectivity index (χ4n) is 4.39. The summed E-state index contributed by atoms with van der Waals surface area (Å²) in [4.78, 5) is 27.9. The highest BCUT2D eigenvalue weighted by molar-refractivity contribution is 8.15. The van der Waals surface area contributed by atoms with Crippen molar-refractivity contribution in [1.82, 2.24) is 14.9 Å². The molecule has 1 N–H and O–H groups in total. The van der Waals surface area contributed by atoms with Crippen molar-refractivity contribution >= 4 is 44.7 Å². The van der Waals surface area contributed by atoms with Crippen LogP contribution in [-0.2, 0) is 24.9 Å². The number of carbonyl (C=O) groups is 2. The fourth-order valence-corrected chi connectivity index (χ4v) is 5.25. The Hall–Kier alpha value is -4.30. The van der Waals surface area contributed by atoms with Crippen molar-refractivity contribution in [3.05, 3.63) is 96.3 Å². The van der Waals surface area contributed by atoms with E-state index in [2.05, 4.69) is 23.5 Å². The molecule has 184 valence electrons. The zero-order valence-corrected chi connectivity index (χ0v) is 20.8. The van der Waals surface area contributed by atoms with Gasteiger partial charge in [0.2, 0.25) is 5.91 Å². The van der Waals surface area contributed by atoms with Crippen LogP contribution in [0.5, 0.6) is 17.2 Å². The lowest BCUT2D eigenvalue weighted by atomic mass is 10.1. The highest BCUT2D eigenvalue weighted by atomic mass is 32.2. The molecule has 1 aliphatic rings. The Morgan fingerprint density at radius 2 is 1.62 bits per heavy atom. The van der Waals surface area contributed by atoms with Crippen LogP contribution in [0, 0.1) is 0 Å². The minimum Gasteiger partial charge on any atom is -0.486 e. The van der Waals surface area contributed by atoms with Gasteiger partial charge in [-0.3, -0.25) is 14.9 Å². The number of amides is 2. The third-order valence-electron chi connectivity index (χ3n) is 6.38. The molecule has 37 heavy (non-hydrogen) atoms. The smallest absolute Gasteiger partial charge is 0.286 e.